The summed E-state index contributed by atoms with van der Waals surface area (Å²) in [6.45, 7) is 8.07. The third kappa shape index (κ3) is 3.75. The number of esters is 1. The summed E-state index contributed by atoms with van der Waals surface area (Å²) in [5.74, 6) is -0.609. The van der Waals surface area contributed by atoms with Gasteiger partial charge in [-0.2, -0.15) is 5.10 Å². The number of aryl methyl sites for hydroxylation is 2. The first-order valence-electron chi connectivity index (χ1n) is 9.95. The van der Waals surface area contributed by atoms with Gasteiger partial charge in [0.2, 0.25) is 0 Å². The van der Waals surface area contributed by atoms with E-state index in [1.54, 1.807) is 18.9 Å². The van der Waals surface area contributed by atoms with Gasteiger partial charge in [0, 0.05) is 30.5 Å². The van der Waals surface area contributed by atoms with E-state index in [-0.39, 0.29) is 5.91 Å². The molecule has 0 aliphatic heterocycles. The molecule has 30 heavy (non-hydrogen) atoms. The zero-order valence-electron chi connectivity index (χ0n) is 18.4. The van der Waals surface area contributed by atoms with Crippen molar-refractivity contribution in [3.05, 3.63) is 69.8 Å². The van der Waals surface area contributed by atoms with Gasteiger partial charge in [-0.05, 0) is 44.9 Å². The number of amides is 1. The number of hydrogen-bond donors (Lipinski definition) is 1. The van der Waals surface area contributed by atoms with Gasteiger partial charge in [-0.25, -0.2) is 9.48 Å². The summed E-state index contributed by atoms with van der Waals surface area (Å²) in [7, 11) is 3.10. The second kappa shape index (κ2) is 8.57. The predicted molar refractivity (Wildman–Crippen MR) is 115 cm³/mol. The van der Waals surface area contributed by atoms with E-state index >= 15 is 0 Å². The summed E-state index contributed by atoms with van der Waals surface area (Å²) in [5, 5.41) is 4.66. The average molecular weight is 409 g/mol. The molecule has 0 aliphatic rings. The van der Waals surface area contributed by atoms with Crippen LogP contribution in [0.1, 0.15) is 56.0 Å². The Morgan fingerprint density at radius 1 is 1.17 bits per heavy atom. The second-order valence-electron chi connectivity index (χ2n) is 7.38. The van der Waals surface area contributed by atoms with Gasteiger partial charge in [-0.15, -0.1) is 0 Å². The monoisotopic (exact) mass is 408 g/mol. The Labute approximate surface area is 176 Å². The molecule has 3 aromatic rings. The highest BCUT2D eigenvalue weighted by Gasteiger charge is 2.26. The normalized spacial score (nSPS) is 10.9. The summed E-state index contributed by atoms with van der Waals surface area (Å²) in [4.78, 5) is 30.1. The van der Waals surface area contributed by atoms with Crippen molar-refractivity contribution in [1.82, 2.24) is 19.7 Å². The minimum absolute atomic E-state index is 0.177. The van der Waals surface area contributed by atoms with Gasteiger partial charge in [0.25, 0.3) is 5.91 Å². The molecule has 0 aliphatic carbocycles. The first-order chi connectivity index (χ1) is 14.3. The van der Waals surface area contributed by atoms with Gasteiger partial charge in [0.15, 0.2) is 0 Å². The van der Waals surface area contributed by atoms with Crippen LogP contribution in [0.2, 0.25) is 0 Å². The van der Waals surface area contributed by atoms with Crippen LogP contribution >= 0.6 is 0 Å². The molecule has 1 N–H and O–H groups in total. The molecular weight excluding hydrogens is 380 g/mol. The second-order valence-corrected chi connectivity index (χ2v) is 7.38. The third-order valence-corrected chi connectivity index (χ3v) is 5.47. The molecule has 3 rings (SSSR count). The van der Waals surface area contributed by atoms with Crippen molar-refractivity contribution in [1.29, 1.82) is 0 Å². The number of nitrogens with zero attached hydrogens (tertiary/aromatic N) is 3. The number of aromatic nitrogens is 3. The summed E-state index contributed by atoms with van der Waals surface area (Å²) in [6.07, 6.45) is 0.602. The zero-order chi connectivity index (χ0) is 22.0. The third-order valence-electron chi connectivity index (χ3n) is 5.47. The highest BCUT2D eigenvalue weighted by Crippen LogP contribution is 2.23. The molecule has 2 aromatic heterocycles. The van der Waals surface area contributed by atoms with Crippen molar-refractivity contribution in [2.24, 2.45) is 0 Å². The van der Waals surface area contributed by atoms with Gasteiger partial charge < -0.3 is 14.6 Å². The molecule has 0 bridgehead atoms. The van der Waals surface area contributed by atoms with E-state index in [1.165, 1.54) is 7.11 Å². The van der Waals surface area contributed by atoms with E-state index in [0.29, 0.717) is 35.5 Å². The summed E-state index contributed by atoms with van der Waals surface area (Å²) >= 11 is 0. The number of aromatic amines is 1. The average Bonchev–Trinajstić information content (AvgIpc) is 3.24. The van der Waals surface area contributed by atoms with Crippen molar-refractivity contribution < 1.29 is 14.3 Å². The minimum Gasteiger partial charge on any atom is -0.465 e. The fourth-order valence-corrected chi connectivity index (χ4v) is 3.74. The molecule has 1 amide bonds. The van der Waals surface area contributed by atoms with Crippen LogP contribution in [0.3, 0.4) is 0 Å². The lowest BCUT2D eigenvalue weighted by Crippen LogP contribution is -2.27. The lowest BCUT2D eigenvalue weighted by Gasteiger charge is -2.17. The number of rotatable bonds is 6. The topological polar surface area (TPSA) is 80.2 Å². The fourth-order valence-electron chi connectivity index (χ4n) is 3.74. The summed E-state index contributed by atoms with van der Waals surface area (Å²) in [6, 6.07) is 9.91. The van der Waals surface area contributed by atoms with Crippen LogP contribution in [-0.4, -0.2) is 45.7 Å². The number of carbonyl (C=O) groups excluding carboxylic acids is 2. The molecule has 0 unspecified atom stereocenters. The number of para-hydroxylation sites is 1. The molecule has 158 valence electrons. The summed E-state index contributed by atoms with van der Waals surface area (Å²) in [5.41, 5.74) is 6.04. The Balaban J connectivity index is 1.90. The molecule has 0 saturated heterocycles. The van der Waals surface area contributed by atoms with Crippen LogP contribution in [0.5, 0.6) is 0 Å². The molecule has 7 heteroatoms. The van der Waals surface area contributed by atoms with E-state index in [0.717, 1.165) is 22.6 Å². The van der Waals surface area contributed by atoms with Crippen molar-refractivity contribution in [2.45, 2.75) is 40.7 Å². The molecule has 1 aromatic carbocycles. The van der Waals surface area contributed by atoms with Gasteiger partial charge >= 0.3 is 5.97 Å². The largest absolute Gasteiger partial charge is 0.465 e. The molecular formula is C23H28N4O3. The van der Waals surface area contributed by atoms with Crippen molar-refractivity contribution in [3.8, 4) is 5.69 Å². The Kier molecular flexibility index (Phi) is 6.10. The summed E-state index contributed by atoms with van der Waals surface area (Å²) < 4.78 is 6.79. The van der Waals surface area contributed by atoms with Crippen LogP contribution < -0.4 is 0 Å². The SMILES string of the molecule is CCc1[nH]c(C(=O)N(C)Cc2c(C)nn(-c3ccccc3)c2C)c(C)c1C(=O)OC. The van der Waals surface area contributed by atoms with Crippen LogP contribution in [-0.2, 0) is 17.7 Å². The Morgan fingerprint density at radius 3 is 2.43 bits per heavy atom. The first kappa shape index (κ1) is 21.4. The molecule has 0 saturated carbocycles. The fraction of sp³-hybridized carbons (Fsp3) is 0.348. The number of hydrogen-bond acceptors (Lipinski definition) is 4. The first-order valence-corrected chi connectivity index (χ1v) is 9.95. The van der Waals surface area contributed by atoms with E-state index in [4.69, 9.17) is 4.74 Å². The highest BCUT2D eigenvalue weighted by molar-refractivity contribution is 6.00. The zero-order valence-corrected chi connectivity index (χ0v) is 18.4. The van der Waals surface area contributed by atoms with E-state index < -0.39 is 5.97 Å². The van der Waals surface area contributed by atoms with Crippen LogP contribution in [0.4, 0.5) is 0 Å². The number of methoxy groups -OCH3 is 1. The molecule has 0 atom stereocenters. The van der Waals surface area contributed by atoms with Crippen molar-refractivity contribution in [2.75, 3.05) is 14.2 Å². The quantitative estimate of drug-likeness (QED) is 0.630. The molecule has 2 heterocycles. The smallest absolute Gasteiger partial charge is 0.339 e. The lowest BCUT2D eigenvalue weighted by molar-refractivity contribution is 0.0599. The Hall–Kier alpha value is -3.35. The highest BCUT2D eigenvalue weighted by atomic mass is 16.5. The molecule has 0 fully saturated rings. The van der Waals surface area contributed by atoms with Crippen molar-refractivity contribution >= 4 is 11.9 Å². The number of H-pyrrole nitrogens is 1. The maximum atomic E-state index is 13.2. The predicted octanol–water partition coefficient (Wildman–Crippen LogP) is 3.75. The van der Waals surface area contributed by atoms with E-state index in [9.17, 15) is 9.59 Å². The molecule has 0 radical (unpaired) electrons. The van der Waals surface area contributed by atoms with Crippen LogP contribution in [0.25, 0.3) is 5.69 Å². The number of carbonyl (C=O) groups is 2. The minimum atomic E-state index is -0.432. The molecule has 7 nitrogen and oxygen atoms in total. The van der Waals surface area contributed by atoms with Crippen molar-refractivity contribution in [3.63, 3.8) is 0 Å². The van der Waals surface area contributed by atoms with Gasteiger partial charge in [0.05, 0.1) is 24.1 Å². The number of benzene rings is 1. The van der Waals surface area contributed by atoms with E-state index in [2.05, 4.69) is 10.1 Å². The standard InChI is InChI=1S/C23H28N4O3/c1-7-19-20(23(29)30-6)14(2)21(24-19)22(28)26(5)13-18-15(3)25-27(16(18)4)17-11-9-8-10-12-17/h8-12,24H,7,13H2,1-6H3. The van der Waals surface area contributed by atoms with Gasteiger partial charge in [-0.3, -0.25) is 4.79 Å². The number of nitrogens with one attached hydrogen (secondary N) is 1. The van der Waals surface area contributed by atoms with E-state index in [1.807, 2.05) is 55.8 Å². The Morgan fingerprint density at radius 2 is 1.83 bits per heavy atom. The Bertz CT molecular complexity index is 1080. The van der Waals surface area contributed by atoms with Crippen LogP contribution in [0.15, 0.2) is 30.3 Å². The maximum absolute atomic E-state index is 13.2. The lowest BCUT2D eigenvalue weighted by atomic mass is 10.1. The van der Waals surface area contributed by atoms with Gasteiger partial charge in [-0.1, -0.05) is 25.1 Å². The van der Waals surface area contributed by atoms with Gasteiger partial charge in [0.1, 0.15) is 5.69 Å². The molecule has 0 spiro atoms. The van der Waals surface area contributed by atoms with Crippen LogP contribution in [0, 0.1) is 20.8 Å². The number of ether oxygens (including phenoxy) is 1. The maximum Gasteiger partial charge on any atom is 0.339 e.